The fraction of sp³-hybridized carbons (Fsp3) is 0.368. The van der Waals surface area contributed by atoms with Crippen molar-refractivity contribution in [3.05, 3.63) is 56.5 Å². The zero-order chi connectivity index (χ0) is 19.2. The van der Waals surface area contributed by atoms with Crippen molar-refractivity contribution in [2.24, 2.45) is 0 Å². The van der Waals surface area contributed by atoms with Gasteiger partial charge in [-0.3, -0.25) is 14.4 Å². The first kappa shape index (κ1) is 17.7. The summed E-state index contributed by atoms with van der Waals surface area (Å²) in [6, 6.07) is 6.16. The number of aryl methyl sites for hydroxylation is 1. The molecule has 27 heavy (non-hydrogen) atoms. The van der Waals surface area contributed by atoms with Crippen LogP contribution in [-0.2, 0) is 0 Å². The minimum absolute atomic E-state index is 0.0141. The summed E-state index contributed by atoms with van der Waals surface area (Å²) in [5.41, 5.74) is 0.623. The molecular weight excluding hydrogens is 370 g/mol. The van der Waals surface area contributed by atoms with Crippen molar-refractivity contribution >= 4 is 23.3 Å². The molecule has 2 aromatic rings. The second kappa shape index (κ2) is 6.49. The number of carbonyl (C=O) groups excluding carboxylic acids is 2. The highest BCUT2D eigenvalue weighted by Crippen LogP contribution is 2.41. The van der Waals surface area contributed by atoms with Gasteiger partial charge in [-0.05, 0) is 30.7 Å². The maximum atomic E-state index is 12.6. The Morgan fingerprint density at radius 1 is 1.26 bits per heavy atom. The van der Waals surface area contributed by atoms with Gasteiger partial charge in [-0.2, -0.15) is 5.10 Å². The standard InChI is InChI=1S/C19H18ClN3O4/c1-11-8-16-12(9-13(11)20)15(24)10-19(27-16)4-6-23(7-5-19)18(26)14-2-3-17(25)22-21-14/h2-3,8-9H,4-7,10H2,1H3,(H,22,25). The number of hydrogen-bond acceptors (Lipinski definition) is 5. The lowest BCUT2D eigenvalue weighted by Crippen LogP contribution is -2.52. The first-order valence-corrected chi connectivity index (χ1v) is 9.12. The number of piperidine rings is 1. The first-order chi connectivity index (χ1) is 12.9. The van der Waals surface area contributed by atoms with Crippen molar-refractivity contribution in [1.29, 1.82) is 0 Å². The summed E-state index contributed by atoms with van der Waals surface area (Å²) in [4.78, 5) is 37.9. The Morgan fingerprint density at radius 3 is 2.67 bits per heavy atom. The van der Waals surface area contributed by atoms with Gasteiger partial charge in [-0.1, -0.05) is 11.6 Å². The molecule has 140 valence electrons. The number of halogens is 1. The van der Waals surface area contributed by atoms with E-state index in [1.54, 1.807) is 17.0 Å². The molecule has 7 nitrogen and oxygen atoms in total. The number of ether oxygens (including phenoxy) is 1. The Balaban J connectivity index is 1.51. The van der Waals surface area contributed by atoms with E-state index >= 15 is 0 Å². The summed E-state index contributed by atoms with van der Waals surface area (Å²) >= 11 is 6.13. The van der Waals surface area contributed by atoms with E-state index in [0.29, 0.717) is 42.3 Å². The van der Waals surface area contributed by atoms with E-state index in [0.717, 1.165) is 5.56 Å². The average Bonchev–Trinajstić information content (AvgIpc) is 2.64. The molecule has 2 aliphatic rings. The number of aromatic amines is 1. The molecule has 2 aliphatic heterocycles. The van der Waals surface area contributed by atoms with Crippen LogP contribution in [0.25, 0.3) is 0 Å². The fourth-order valence-electron chi connectivity index (χ4n) is 3.64. The normalized spacial score (nSPS) is 18.1. The summed E-state index contributed by atoms with van der Waals surface area (Å²) in [5.74, 6) is 0.335. The SMILES string of the molecule is Cc1cc2c(cc1Cl)C(=O)CC1(CCN(C(=O)c3ccc(=O)[nH]n3)CC1)O2. The fourth-order valence-corrected chi connectivity index (χ4v) is 3.80. The number of H-pyrrole nitrogens is 1. The smallest absolute Gasteiger partial charge is 0.274 e. The van der Waals surface area contributed by atoms with Crippen molar-refractivity contribution in [3.63, 3.8) is 0 Å². The van der Waals surface area contributed by atoms with E-state index in [1.165, 1.54) is 12.1 Å². The van der Waals surface area contributed by atoms with Gasteiger partial charge in [-0.25, -0.2) is 5.10 Å². The van der Waals surface area contributed by atoms with Gasteiger partial charge in [-0.15, -0.1) is 0 Å². The summed E-state index contributed by atoms with van der Waals surface area (Å²) in [6.07, 6.45) is 1.38. The average molecular weight is 388 g/mol. The van der Waals surface area contributed by atoms with Crippen molar-refractivity contribution in [1.82, 2.24) is 15.1 Å². The molecule has 1 spiro atoms. The number of hydrogen-bond donors (Lipinski definition) is 1. The maximum Gasteiger partial charge on any atom is 0.274 e. The van der Waals surface area contributed by atoms with Crippen LogP contribution in [0.4, 0.5) is 0 Å². The summed E-state index contributed by atoms with van der Waals surface area (Å²) in [7, 11) is 0. The van der Waals surface area contributed by atoms with Crippen molar-refractivity contribution in [2.75, 3.05) is 13.1 Å². The molecule has 0 saturated carbocycles. The predicted molar refractivity (Wildman–Crippen MR) is 98.5 cm³/mol. The molecule has 8 heteroatoms. The third-order valence-corrected chi connectivity index (χ3v) is 5.64. The number of aromatic nitrogens is 2. The van der Waals surface area contributed by atoms with E-state index in [4.69, 9.17) is 16.3 Å². The molecule has 1 amide bonds. The van der Waals surface area contributed by atoms with Gasteiger partial charge in [0.25, 0.3) is 11.5 Å². The molecule has 4 rings (SSSR count). The summed E-state index contributed by atoms with van der Waals surface area (Å²) < 4.78 is 6.24. The van der Waals surface area contributed by atoms with Gasteiger partial charge in [0.15, 0.2) is 5.78 Å². The first-order valence-electron chi connectivity index (χ1n) is 8.74. The number of benzene rings is 1. The quantitative estimate of drug-likeness (QED) is 0.811. The molecule has 1 fully saturated rings. The Hall–Kier alpha value is -2.67. The van der Waals surface area contributed by atoms with E-state index in [1.807, 2.05) is 6.92 Å². The highest BCUT2D eigenvalue weighted by molar-refractivity contribution is 6.31. The van der Waals surface area contributed by atoms with Gasteiger partial charge in [0.05, 0.1) is 12.0 Å². The van der Waals surface area contributed by atoms with Crippen molar-refractivity contribution in [3.8, 4) is 5.75 Å². The molecule has 1 N–H and O–H groups in total. The predicted octanol–water partition coefficient (Wildman–Crippen LogP) is 2.37. The van der Waals surface area contributed by atoms with Crippen molar-refractivity contribution in [2.45, 2.75) is 31.8 Å². The number of nitrogens with one attached hydrogen (secondary N) is 1. The highest BCUT2D eigenvalue weighted by atomic mass is 35.5. The Bertz CT molecular complexity index is 972. The molecule has 0 atom stereocenters. The number of Topliss-reactive ketones (excluding diaryl/α,β-unsaturated/α-hetero) is 1. The van der Waals surface area contributed by atoms with Crippen LogP contribution in [0, 0.1) is 6.92 Å². The lowest BCUT2D eigenvalue weighted by Gasteiger charge is -2.44. The summed E-state index contributed by atoms with van der Waals surface area (Å²) in [5, 5.41) is 6.61. The van der Waals surface area contributed by atoms with Crippen molar-refractivity contribution < 1.29 is 14.3 Å². The van der Waals surface area contributed by atoms with E-state index in [9.17, 15) is 14.4 Å². The Labute approximate surface area is 160 Å². The van der Waals surface area contributed by atoms with Crippen LogP contribution in [0.5, 0.6) is 5.75 Å². The van der Waals surface area contributed by atoms with Gasteiger partial charge in [0.1, 0.15) is 17.0 Å². The number of rotatable bonds is 1. The third-order valence-electron chi connectivity index (χ3n) is 5.23. The van der Waals surface area contributed by atoms with Crippen LogP contribution in [0.1, 0.15) is 45.7 Å². The molecular formula is C19H18ClN3O4. The largest absolute Gasteiger partial charge is 0.486 e. The molecule has 3 heterocycles. The number of carbonyl (C=O) groups is 2. The number of likely N-dealkylation sites (tertiary alicyclic amines) is 1. The monoisotopic (exact) mass is 387 g/mol. The maximum absolute atomic E-state index is 12.6. The third kappa shape index (κ3) is 3.23. The van der Waals surface area contributed by atoms with Gasteiger partial charge in [0.2, 0.25) is 0 Å². The van der Waals surface area contributed by atoms with Crippen LogP contribution < -0.4 is 10.3 Å². The molecule has 1 aromatic carbocycles. The van der Waals surface area contributed by atoms with Gasteiger partial charge < -0.3 is 9.64 Å². The number of nitrogens with zero attached hydrogens (tertiary/aromatic N) is 2. The summed E-state index contributed by atoms with van der Waals surface area (Å²) in [6.45, 7) is 2.78. The van der Waals surface area contributed by atoms with Gasteiger partial charge in [0, 0.05) is 37.0 Å². The number of fused-ring (bicyclic) bond motifs is 1. The number of amides is 1. The molecule has 1 saturated heterocycles. The lowest BCUT2D eigenvalue weighted by atomic mass is 9.82. The van der Waals surface area contributed by atoms with Crippen LogP contribution in [0.3, 0.4) is 0 Å². The van der Waals surface area contributed by atoms with Crippen LogP contribution in [-0.4, -0.2) is 45.5 Å². The zero-order valence-corrected chi connectivity index (χ0v) is 15.5. The van der Waals surface area contributed by atoms with Crippen LogP contribution >= 0.6 is 11.6 Å². The molecule has 0 radical (unpaired) electrons. The van der Waals surface area contributed by atoms with E-state index in [2.05, 4.69) is 10.2 Å². The Morgan fingerprint density at radius 2 is 2.00 bits per heavy atom. The second-order valence-electron chi connectivity index (χ2n) is 7.08. The van der Waals surface area contributed by atoms with Crippen LogP contribution in [0.2, 0.25) is 5.02 Å². The molecule has 1 aromatic heterocycles. The topological polar surface area (TPSA) is 92.4 Å². The molecule has 0 bridgehead atoms. The lowest BCUT2D eigenvalue weighted by molar-refractivity contribution is -0.00589. The van der Waals surface area contributed by atoms with E-state index < -0.39 is 5.60 Å². The van der Waals surface area contributed by atoms with Gasteiger partial charge >= 0.3 is 0 Å². The minimum atomic E-state index is -0.598. The Kier molecular flexibility index (Phi) is 4.26. The van der Waals surface area contributed by atoms with Crippen LogP contribution in [0.15, 0.2) is 29.1 Å². The minimum Gasteiger partial charge on any atom is -0.486 e. The zero-order valence-electron chi connectivity index (χ0n) is 14.8. The molecule has 0 unspecified atom stereocenters. The van der Waals surface area contributed by atoms with E-state index in [-0.39, 0.29) is 29.4 Å². The highest BCUT2D eigenvalue weighted by Gasteiger charge is 2.44. The second-order valence-corrected chi connectivity index (χ2v) is 7.49. The molecule has 0 aliphatic carbocycles. The number of ketones is 1.